The maximum Gasteiger partial charge on any atom is 0.122 e. The Labute approximate surface area is 90.0 Å². The zero-order valence-electron chi connectivity index (χ0n) is 8.59. The molecule has 1 aliphatic heterocycles. The van der Waals surface area contributed by atoms with E-state index in [1.165, 1.54) is 11.1 Å². The molecule has 14 heavy (non-hydrogen) atoms. The molecule has 0 aliphatic carbocycles. The lowest BCUT2D eigenvalue weighted by Crippen LogP contribution is -2.04. The van der Waals surface area contributed by atoms with Gasteiger partial charge in [-0.2, -0.15) is 0 Å². The van der Waals surface area contributed by atoms with E-state index < -0.39 is 0 Å². The Kier molecular flexibility index (Phi) is 2.69. The van der Waals surface area contributed by atoms with Crippen LogP contribution in [0.2, 0.25) is 0 Å². The minimum absolute atomic E-state index is 0.176. The molecule has 0 spiro atoms. The molecule has 0 bridgehead atoms. The molecule has 2 unspecified atom stereocenters. The maximum atomic E-state index is 6.08. The standard InChI is InChI=1S/C12H15ClO/c1-8(9(2)13)10-3-4-12-11(7-10)5-6-14-12/h3-4,7-9H,5-6H2,1-2H3. The highest BCUT2D eigenvalue weighted by Crippen LogP contribution is 2.30. The van der Waals surface area contributed by atoms with Gasteiger partial charge in [0.2, 0.25) is 0 Å². The average molecular weight is 211 g/mol. The fourth-order valence-electron chi connectivity index (χ4n) is 1.75. The van der Waals surface area contributed by atoms with Crippen LogP contribution in [0.25, 0.3) is 0 Å². The molecule has 1 aliphatic rings. The summed E-state index contributed by atoms with van der Waals surface area (Å²) in [6.45, 7) is 5.02. The van der Waals surface area contributed by atoms with Gasteiger partial charge in [-0.05, 0) is 30.0 Å². The van der Waals surface area contributed by atoms with Crippen LogP contribution in [0.4, 0.5) is 0 Å². The molecule has 2 heteroatoms. The van der Waals surface area contributed by atoms with Crippen LogP contribution >= 0.6 is 11.6 Å². The molecule has 76 valence electrons. The topological polar surface area (TPSA) is 9.23 Å². The fourth-order valence-corrected chi connectivity index (χ4v) is 1.90. The largest absolute Gasteiger partial charge is 0.493 e. The molecule has 1 heterocycles. The van der Waals surface area contributed by atoms with E-state index in [0.29, 0.717) is 5.92 Å². The van der Waals surface area contributed by atoms with Gasteiger partial charge in [-0.15, -0.1) is 11.6 Å². The SMILES string of the molecule is CC(Cl)C(C)c1ccc2c(c1)CCO2. The number of rotatable bonds is 2. The van der Waals surface area contributed by atoms with E-state index in [0.717, 1.165) is 18.8 Å². The third-order valence-corrected chi connectivity index (χ3v) is 3.31. The zero-order chi connectivity index (χ0) is 10.1. The lowest BCUT2D eigenvalue weighted by molar-refractivity contribution is 0.357. The normalized spacial score (nSPS) is 18.5. The highest BCUT2D eigenvalue weighted by Gasteiger charge is 2.16. The highest BCUT2D eigenvalue weighted by molar-refractivity contribution is 6.20. The zero-order valence-corrected chi connectivity index (χ0v) is 9.34. The minimum atomic E-state index is 0.176. The minimum Gasteiger partial charge on any atom is -0.493 e. The fraction of sp³-hybridized carbons (Fsp3) is 0.500. The van der Waals surface area contributed by atoms with Crippen LogP contribution < -0.4 is 4.74 Å². The van der Waals surface area contributed by atoms with Gasteiger partial charge in [0.05, 0.1) is 6.61 Å². The molecule has 1 nitrogen and oxygen atoms in total. The van der Waals surface area contributed by atoms with Crippen LogP contribution in [0.5, 0.6) is 5.75 Å². The van der Waals surface area contributed by atoms with Gasteiger partial charge in [-0.1, -0.05) is 19.1 Å². The second-order valence-electron chi connectivity index (χ2n) is 3.93. The first-order valence-electron chi connectivity index (χ1n) is 5.08. The Bertz CT molecular complexity index is 333. The Morgan fingerprint density at radius 2 is 2.14 bits per heavy atom. The quantitative estimate of drug-likeness (QED) is 0.681. The van der Waals surface area contributed by atoms with Crippen LogP contribution in [0.3, 0.4) is 0 Å². The van der Waals surface area contributed by atoms with Crippen molar-refractivity contribution in [1.29, 1.82) is 0 Å². The first kappa shape index (κ1) is 9.85. The van der Waals surface area contributed by atoms with Gasteiger partial charge < -0.3 is 4.74 Å². The molecule has 2 rings (SSSR count). The molecule has 0 saturated heterocycles. The summed E-state index contributed by atoms with van der Waals surface area (Å²) in [5.74, 6) is 1.45. The van der Waals surface area contributed by atoms with E-state index in [1.807, 2.05) is 6.92 Å². The summed E-state index contributed by atoms with van der Waals surface area (Å²) < 4.78 is 5.46. The number of fused-ring (bicyclic) bond motifs is 1. The third-order valence-electron chi connectivity index (χ3n) is 2.93. The lowest BCUT2D eigenvalue weighted by Gasteiger charge is -2.14. The Morgan fingerprint density at radius 3 is 2.86 bits per heavy atom. The second-order valence-corrected chi connectivity index (χ2v) is 4.62. The van der Waals surface area contributed by atoms with Crippen molar-refractivity contribution in [2.24, 2.45) is 0 Å². The first-order chi connectivity index (χ1) is 6.68. The van der Waals surface area contributed by atoms with Crippen molar-refractivity contribution in [2.45, 2.75) is 31.6 Å². The lowest BCUT2D eigenvalue weighted by atomic mass is 9.96. The van der Waals surface area contributed by atoms with Gasteiger partial charge in [0.1, 0.15) is 5.75 Å². The van der Waals surface area contributed by atoms with Crippen LogP contribution in [0.15, 0.2) is 18.2 Å². The average Bonchev–Trinajstić information content (AvgIpc) is 2.62. The number of halogens is 1. The van der Waals surface area contributed by atoms with E-state index in [-0.39, 0.29) is 5.38 Å². The monoisotopic (exact) mass is 210 g/mol. The Hall–Kier alpha value is -0.690. The van der Waals surface area contributed by atoms with Gasteiger partial charge in [-0.3, -0.25) is 0 Å². The molecule has 0 radical (unpaired) electrons. The number of ether oxygens (including phenoxy) is 1. The van der Waals surface area contributed by atoms with Gasteiger partial charge >= 0.3 is 0 Å². The smallest absolute Gasteiger partial charge is 0.122 e. The van der Waals surface area contributed by atoms with Crippen LogP contribution in [-0.2, 0) is 6.42 Å². The summed E-state index contributed by atoms with van der Waals surface area (Å²) in [5, 5.41) is 0.176. The molecule has 0 saturated carbocycles. The Morgan fingerprint density at radius 1 is 1.36 bits per heavy atom. The molecule has 0 N–H and O–H groups in total. The van der Waals surface area contributed by atoms with E-state index in [2.05, 4.69) is 25.1 Å². The van der Waals surface area contributed by atoms with Crippen molar-refractivity contribution in [3.05, 3.63) is 29.3 Å². The van der Waals surface area contributed by atoms with Crippen LogP contribution in [0, 0.1) is 0 Å². The maximum absolute atomic E-state index is 6.08. The van der Waals surface area contributed by atoms with Crippen molar-refractivity contribution in [3.8, 4) is 5.75 Å². The summed E-state index contributed by atoms with van der Waals surface area (Å²) in [4.78, 5) is 0. The summed E-state index contributed by atoms with van der Waals surface area (Å²) in [7, 11) is 0. The van der Waals surface area contributed by atoms with Gasteiger partial charge in [-0.25, -0.2) is 0 Å². The molecule has 1 aromatic rings. The molecular formula is C12H15ClO. The van der Waals surface area contributed by atoms with Crippen molar-refractivity contribution >= 4 is 11.6 Å². The van der Waals surface area contributed by atoms with Crippen molar-refractivity contribution < 1.29 is 4.74 Å². The predicted molar refractivity (Wildman–Crippen MR) is 59.4 cm³/mol. The Balaban J connectivity index is 2.28. The summed E-state index contributed by atoms with van der Waals surface area (Å²) in [6, 6.07) is 6.41. The van der Waals surface area contributed by atoms with Crippen LogP contribution in [0.1, 0.15) is 30.9 Å². The highest BCUT2D eigenvalue weighted by atomic mass is 35.5. The van der Waals surface area contributed by atoms with Crippen molar-refractivity contribution in [3.63, 3.8) is 0 Å². The van der Waals surface area contributed by atoms with E-state index in [4.69, 9.17) is 16.3 Å². The van der Waals surface area contributed by atoms with Crippen LogP contribution in [-0.4, -0.2) is 12.0 Å². The number of benzene rings is 1. The van der Waals surface area contributed by atoms with Crippen molar-refractivity contribution in [1.82, 2.24) is 0 Å². The predicted octanol–water partition coefficient (Wildman–Crippen LogP) is 3.35. The van der Waals surface area contributed by atoms with Crippen molar-refractivity contribution in [2.75, 3.05) is 6.61 Å². The second kappa shape index (κ2) is 3.82. The van der Waals surface area contributed by atoms with E-state index >= 15 is 0 Å². The number of alkyl halides is 1. The van der Waals surface area contributed by atoms with E-state index in [9.17, 15) is 0 Å². The summed E-state index contributed by atoms with van der Waals surface area (Å²) >= 11 is 6.08. The summed E-state index contributed by atoms with van der Waals surface area (Å²) in [6.07, 6.45) is 1.03. The molecule has 1 aromatic carbocycles. The molecule has 0 aromatic heterocycles. The molecular weight excluding hydrogens is 196 g/mol. The first-order valence-corrected chi connectivity index (χ1v) is 5.52. The number of hydrogen-bond donors (Lipinski definition) is 0. The molecule has 0 amide bonds. The van der Waals surface area contributed by atoms with Gasteiger partial charge in [0, 0.05) is 11.8 Å². The van der Waals surface area contributed by atoms with Gasteiger partial charge in [0.15, 0.2) is 0 Å². The summed E-state index contributed by atoms with van der Waals surface area (Å²) in [5.41, 5.74) is 2.64. The van der Waals surface area contributed by atoms with E-state index in [1.54, 1.807) is 0 Å². The molecule has 2 atom stereocenters. The van der Waals surface area contributed by atoms with Gasteiger partial charge in [0.25, 0.3) is 0 Å². The third kappa shape index (κ3) is 1.74. The number of hydrogen-bond acceptors (Lipinski definition) is 1. The molecule has 0 fully saturated rings.